The van der Waals surface area contributed by atoms with Crippen LogP contribution in [-0.4, -0.2) is 30.8 Å². The second kappa shape index (κ2) is 6.43. The normalized spacial score (nSPS) is 15.9. The number of hydrogen-bond acceptors (Lipinski definition) is 3. The van der Waals surface area contributed by atoms with E-state index in [1.807, 2.05) is 42.5 Å². The van der Waals surface area contributed by atoms with Gasteiger partial charge in [0.15, 0.2) is 0 Å². The van der Waals surface area contributed by atoms with Crippen molar-refractivity contribution in [1.29, 1.82) is 0 Å². The number of para-hydroxylation sites is 1. The molecule has 2 aromatic carbocycles. The fourth-order valence-corrected chi connectivity index (χ4v) is 4.75. The van der Waals surface area contributed by atoms with Gasteiger partial charge in [-0.3, -0.25) is 4.98 Å². The molecular weight excluding hydrogens is 332 g/mol. The summed E-state index contributed by atoms with van der Waals surface area (Å²) in [6.07, 6.45) is 4.35. The molecule has 5 heteroatoms. The number of pyridine rings is 1. The minimum absolute atomic E-state index is 0.280. The first-order valence-corrected chi connectivity index (χ1v) is 9.68. The Morgan fingerprint density at radius 2 is 1.72 bits per heavy atom. The summed E-state index contributed by atoms with van der Waals surface area (Å²) in [6, 6.07) is 19.1. The van der Waals surface area contributed by atoms with Crippen LogP contribution in [0.15, 0.2) is 77.8 Å². The van der Waals surface area contributed by atoms with E-state index in [1.54, 1.807) is 18.3 Å². The van der Waals surface area contributed by atoms with E-state index in [0.717, 1.165) is 10.9 Å². The van der Waals surface area contributed by atoms with E-state index in [2.05, 4.69) is 17.1 Å². The molecule has 0 spiro atoms. The Hall–Kier alpha value is -2.50. The van der Waals surface area contributed by atoms with Crippen molar-refractivity contribution in [3.63, 3.8) is 0 Å². The molecule has 0 amide bonds. The number of aromatic nitrogens is 1. The van der Waals surface area contributed by atoms with E-state index in [-0.39, 0.29) is 4.90 Å². The van der Waals surface area contributed by atoms with Crippen molar-refractivity contribution in [2.75, 3.05) is 13.1 Å². The van der Waals surface area contributed by atoms with Crippen LogP contribution in [0.4, 0.5) is 0 Å². The molecule has 1 aliphatic rings. The lowest BCUT2D eigenvalue weighted by atomic mass is 10.0. The molecule has 3 aromatic rings. The molecule has 0 unspecified atom stereocenters. The molecule has 1 aromatic heterocycles. The monoisotopic (exact) mass is 350 g/mol. The van der Waals surface area contributed by atoms with Gasteiger partial charge in [-0.05, 0) is 29.7 Å². The smallest absolute Gasteiger partial charge is 0.245 e. The molecule has 0 aliphatic carbocycles. The van der Waals surface area contributed by atoms with Gasteiger partial charge in [0.1, 0.15) is 4.90 Å². The highest BCUT2D eigenvalue weighted by Gasteiger charge is 2.28. The number of hydrogen-bond donors (Lipinski definition) is 0. The lowest BCUT2D eigenvalue weighted by Gasteiger charge is -2.26. The molecule has 0 atom stereocenters. The molecule has 0 saturated carbocycles. The van der Waals surface area contributed by atoms with Crippen molar-refractivity contribution in [3.8, 4) is 0 Å². The third-order valence-electron chi connectivity index (χ3n) is 4.53. The third kappa shape index (κ3) is 2.97. The first-order chi connectivity index (χ1) is 12.2. The summed E-state index contributed by atoms with van der Waals surface area (Å²) in [5.74, 6) is 0. The molecule has 1 aliphatic heterocycles. The summed E-state index contributed by atoms with van der Waals surface area (Å²) in [5, 5.41) is 0.834. The van der Waals surface area contributed by atoms with Gasteiger partial charge in [-0.2, -0.15) is 4.31 Å². The maximum Gasteiger partial charge on any atom is 0.245 e. The maximum absolute atomic E-state index is 13.1. The van der Waals surface area contributed by atoms with Crippen molar-refractivity contribution in [2.45, 2.75) is 11.3 Å². The first kappa shape index (κ1) is 16.0. The lowest BCUT2D eigenvalue weighted by Crippen LogP contribution is -2.34. The Morgan fingerprint density at radius 1 is 0.920 bits per heavy atom. The second-order valence-electron chi connectivity index (χ2n) is 6.04. The van der Waals surface area contributed by atoms with Gasteiger partial charge in [-0.15, -0.1) is 0 Å². The fourth-order valence-electron chi connectivity index (χ4n) is 3.21. The predicted molar refractivity (Wildman–Crippen MR) is 99.5 cm³/mol. The molecular formula is C20H18N2O2S. The quantitative estimate of drug-likeness (QED) is 0.723. The average molecular weight is 350 g/mol. The summed E-state index contributed by atoms with van der Waals surface area (Å²) in [6.45, 7) is 0.863. The SMILES string of the molecule is O=S(=O)(c1cccc2cccnc12)N1CC=C(c2ccccc2)CC1. The molecule has 25 heavy (non-hydrogen) atoms. The fraction of sp³-hybridized carbons (Fsp3) is 0.150. The molecule has 0 N–H and O–H groups in total. The molecule has 126 valence electrons. The highest BCUT2D eigenvalue weighted by molar-refractivity contribution is 7.89. The number of rotatable bonds is 3. The Morgan fingerprint density at radius 3 is 2.48 bits per heavy atom. The number of sulfonamides is 1. The van der Waals surface area contributed by atoms with E-state index in [4.69, 9.17) is 0 Å². The van der Waals surface area contributed by atoms with E-state index in [0.29, 0.717) is 25.0 Å². The second-order valence-corrected chi connectivity index (χ2v) is 7.95. The van der Waals surface area contributed by atoms with E-state index >= 15 is 0 Å². The van der Waals surface area contributed by atoms with Crippen LogP contribution in [0.2, 0.25) is 0 Å². The van der Waals surface area contributed by atoms with Crippen LogP contribution in [0.5, 0.6) is 0 Å². The van der Waals surface area contributed by atoms with Crippen molar-refractivity contribution >= 4 is 26.5 Å². The Labute approximate surface area is 147 Å². The molecule has 4 rings (SSSR count). The van der Waals surface area contributed by atoms with Gasteiger partial charge in [-0.25, -0.2) is 8.42 Å². The van der Waals surface area contributed by atoms with E-state index < -0.39 is 10.0 Å². The molecule has 4 nitrogen and oxygen atoms in total. The molecule has 0 saturated heterocycles. The third-order valence-corrected chi connectivity index (χ3v) is 6.43. The van der Waals surface area contributed by atoms with Crippen molar-refractivity contribution in [2.24, 2.45) is 0 Å². The van der Waals surface area contributed by atoms with Gasteiger partial charge in [0.05, 0.1) is 5.52 Å². The van der Waals surface area contributed by atoms with Crippen LogP contribution >= 0.6 is 0 Å². The summed E-state index contributed by atoms with van der Waals surface area (Å²) in [4.78, 5) is 4.56. The topological polar surface area (TPSA) is 50.3 Å². The first-order valence-electron chi connectivity index (χ1n) is 8.24. The van der Waals surface area contributed by atoms with Gasteiger partial charge in [0.2, 0.25) is 10.0 Å². The standard InChI is InChI=1S/C20H18N2O2S/c23-25(24,19-10-4-8-18-9-5-13-21-20(18)19)22-14-11-17(12-15-22)16-6-2-1-3-7-16/h1-11,13H,12,14-15H2. The largest absolute Gasteiger partial charge is 0.255 e. The summed E-state index contributed by atoms with van der Waals surface area (Å²) < 4.78 is 27.7. The van der Waals surface area contributed by atoms with E-state index in [1.165, 1.54) is 9.88 Å². The van der Waals surface area contributed by atoms with Crippen LogP contribution < -0.4 is 0 Å². The van der Waals surface area contributed by atoms with Gasteiger partial charge >= 0.3 is 0 Å². The zero-order chi connectivity index (χ0) is 17.3. The molecule has 0 fully saturated rings. The molecule has 0 radical (unpaired) electrons. The van der Waals surface area contributed by atoms with Crippen LogP contribution in [-0.2, 0) is 10.0 Å². The molecule has 2 heterocycles. The Kier molecular flexibility index (Phi) is 4.11. The zero-order valence-electron chi connectivity index (χ0n) is 13.7. The lowest BCUT2D eigenvalue weighted by molar-refractivity contribution is 0.441. The number of nitrogens with zero attached hydrogens (tertiary/aromatic N) is 2. The minimum Gasteiger partial charge on any atom is -0.255 e. The van der Waals surface area contributed by atoms with Crippen LogP contribution in [0, 0.1) is 0 Å². The summed E-state index contributed by atoms with van der Waals surface area (Å²) in [7, 11) is -3.57. The van der Waals surface area contributed by atoms with Crippen LogP contribution in [0.3, 0.4) is 0 Å². The van der Waals surface area contributed by atoms with Gasteiger partial charge in [0, 0.05) is 24.7 Å². The zero-order valence-corrected chi connectivity index (χ0v) is 14.5. The Balaban J connectivity index is 1.67. The van der Waals surface area contributed by atoms with Gasteiger partial charge in [0.25, 0.3) is 0 Å². The van der Waals surface area contributed by atoms with Gasteiger partial charge < -0.3 is 0 Å². The highest BCUT2D eigenvalue weighted by atomic mass is 32.2. The van der Waals surface area contributed by atoms with E-state index in [9.17, 15) is 8.42 Å². The Bertz CT molecular complexity index is 1040. The van der Waals surface area contributed by atoms with Crippen LogP contribution in [0.25, 0.3) is 16.5 Å². The van der Waals surface area contributed by atoms with Crippen molar-refractivity contribution in [3.05, 3.63) is 78.5 Å². The number of benzene rings is 2. The molecule has 0 bridgehead atoms. The summed E-state index contributed by atoms with van der Waals surface area (Å²) >= 11 is 0. The van der Waals surface area contributed by atoms with Crippen LogP contribution in [0.1, 0.15) is 12.0 Å². The van der Waals surface area contributed by atoms with Crippen molar-refractivity contribution < 1.29 is 8.42 Å². The summed E-state index contributed by atoms with van der Waals surface area (Å²) in [5.41, 5.74) is 2.89. The van der Waals surface area contributed by atoms with Crippen molar-refractivity contribution in [1.82, 2.24) is 9.29 Å². The average Bonchev–Trinajstić information content (AvgIpc) is 2.68. The minimum atomic E-state index is -3.57. The number of fused-ring (bicyclic) bond motifs is 1. The maximum atomic E-state index is 13.1. The predicted octanol–water partition coefficient (Wildman–Crippen LogP) is 3.71. The highest BCUT2D eigenvalue weighted by Crippen LogP contribution is 2.28. The van der Waals surface area contributed by atoms with Gasteiger partial charge in [-0.1, -0.05) is 54.6 Å².